The van der Waals surface area contributed by atoms with Gasteiger partial charge in [-0.3, -0.25) is 0 Å². The van der Waals surface area contributed by atoms with Gasteiger partial charge in [0.2, 0.25) is 0 Å². The summed E-state index contributed by atoms with van der Waals surface area (Å²) in [7, 11) is 0. The third-order valence-electron chi connectivity index (χ3n) is 5.18. The van der Waals surface area contributed by atoms with Gasteiger partial charge in [-0.15, -0.1) is 0 Å². The highest BCUT2D eigenvalue weighted by Crippen LogP contribution is 2.48. The maximum absolute atomic E-state index is 14.0. The molecule has 3 N–H and O–H groups in total. The standard InChI is InChI=1S/C18H25ClFNO3/c1-16(2,3)18(24-15(21)22)8-6-17(23,7-9-18)11-12-10-13(19)4-5-14(12)20/h4-5,10,23H,6-9,11H2,1-3H3,(H2,21,22). The summed E-state index contributed by atoms with van der Waals surface area (Å²) >= 11 is 5.92. The Kier molecular flexibility index (Phi) is 5.17. The molecule has 0 saturated heterocycles. The maximum Gasteiger partial charge on any atom is 0.405 e. The van der Waals surface area contributed by atoms with Crippen molar-refractivity contribution in [1.82, 2.24) is 0 Å². The van der Waals surface area contributed by atoms with Gasteiger partial charge in [-0.1, -0.05) is 32.4 Å². The largest absolute Gasteiger partial charge is 0.443 e. The lowest BCUT2D eigenvalue weighted by Crippen LogP contribution is -2.54. The molecule has 6 heteroatoms. The zero-order valence-corrected chi connectivity index (χ0v) is 15.1. The quantitative estimate of drug-likeness (QED) is 0.851. The van der Waals surface area contributed by atoms with Crippen molar-refractivity contribution in [3.05, 3.63) is 34.6 Å². The van der Waals surface area contributed by atoms with Crippen molar-refractivity contribution in [3.63, 3.8) is 0 Å². The van der Waals surface area contributed by atoms with Crippen LogP contribution in [0.1, 0.15) is 52.0 Å². The zero-order chi connectivity index (χ0) is 18.2. The van der Waals surface area contributed by atoms with E-state index in [0.717, 1.165) is 0 Å². The molecule has 2 rings (SSSR count). The molecule has 1 aromatic carbocycles. The minimum absolute atomic E-state index is 0.177. The molecular weight excluding hydrogens is 333 g/mol. The number of aliphatic hydroxyl groups is 1. The summed E-state index contributed by atoms with van der Waals surface area (Å²) in [6, 6.07) is 4.33. The Morgan fingerprint density at radius 2 is 1.92 bits per heavy atom. The van der Waals surface area contributed by atoms with Gasteiger partial charge >= 0.3 is 6.09 Å². The highest BCUT2D eigenvalue weighted by Gasteiger charge is 2.51. The van der Waals surface area contributed by atoms with Crippen LogP contribution in [0.3, 0.4) is 0 Å². The summed E-state index contributed by atoms with van der Waals surface area (Å²) < 4.78 is 19.4. The number of carbonyl (C=O) groups is 1. The second-order valence-electron chi connectivity index (χ2n) is 7.80. The number of rotatable bonds is 3. The number of carbonyl (C=O) groups excluding carboxylic acids is 1. The lowest BCUT2D eigenvalue weighted by molar-refractivity contribution is -0.132. The van der Waals surface area contributed by atoms with E-state index in [-0.39, 0.29) is 17.7 Å². The van der Waals surface area contributed by atoms with Gasteiger partial charge in [-0.05, 0) is 49.4 Å². The molecule has 0 aromatic heterocycles. The highest BCUT2D eigenvalue weighted by molar-refractivity contribution is 6.30. The average molecular weight is 358 g/mol. The van der Waals surface area contributed by atoms with Crippen LogP contribution in [0.4, 0.5) is 9.18 Å². The molecular formula is C18H25ClFNO3. The molecule has 0 radical (unpaired) electrons. The van der Waals surface area contributed by atoms with Crippen molar-refractivity contribution in [3.8, 4) is 0 Å². The number of benzene rings is 1. The summed E-state index contributed by atoms with van der Waals surface area (Å²) in [5.74, 6) is -0.381. The number of amides is 1. The van der Waals surface area contributed by atoms with Crippen LogP contribution in [0, 0.1) is 11.2 Å². The van der Waals surface area contributed by atoms with Crippen LogP contribution < -0.4 is 5.73 Å². The summed E-state index contributed by atoms with van der Waals surface area (Å²) in [6.07, 6.45) is 1.09. The lowest BCUT2D eigenvalue weighted by Gasteiger charge is -2.50. The third kappa shape index (κ3) is 4.01. The molecule has 1 saturated carbocycles. The van der Waals surface area contributed by atoms with Crippen LogP contribution in [0.25, 0.3) is 0 Å². The van der Waals surface area contributed by atoms with Gasteiger partial charge in [0.25, 0.3) is 0 Å². The first-order valence-corrected chi connectivity index (χ1v) is 8.49. The third-order valence-corrected chi connectivity index (χ3v) is 5.41. The molecule has 0 bridgehead atoms. The SMILES string of the molecule is CC(C)(C)C1(OC(N)=O)CCC(O)(Cc2cc(Cl)ccc2F)CC1. The number of halogens is 2. The van der Waals surface area contributed by atoms with Crippen molar-refractivity contribution in [2.75, 3.05) is 0 Å². The van der Waals surface area contributed by atoms with Gasteiger partial charge in [-0.25, -0.2) is 9.18 Å². The van der Waals surface area contributed by atoms with Crippen LogP contribution in [0.5, 0.6) is 0 Å². The predicted molar refractivity (Wildman–Crippen MR) is 91.4 cm³/mol. The van der Waals surface area contributed by atoms with Gasteiger partial charge in [0, 0.05) is 16.9 Å². The average Bonchev–Trinajstić information content (AvgIpc) is 2.44. The summed E-state index contributed by atoms with van der Waals surface area (Å²) in [5, 5.41) is 11.3. The van der Waals surface area contributed by atoms with E-state index in [4.69, 9.17) is 22.1 Å². The van der Waals surface area contributed by atoms with Gasteiger partial charge in [0.1, 0.15) is 11.4 Å². The molecule has 1 aromatic rings. The van der Waals surface area contributed by atoms with Crippen LogP contribution >= 0.6 is 11.6 Å². The summed E-state index contributed by atoms with van der Waals surface area (Å²) in [5.41, 5.74) is 3.54. The fourth-order valence-electron chi connectivity index (χ4n) is 3.53. The number of hydrogen-bond acceptors (Lipinski definition) is 3. The summed E-state index contributed by atoms with van der Waals surface area (Å²) in [6.45, 7) is 5.95. The first kappa shape index (κ1) is 19.0. The molecule has 0 spiro atoms. The van der Waals surface area contributed by atoms with E-state index >= 15 is 0 Å². The Hall–Kier alpha value is -1.33. The molecule has 1 fully saturated rings. The number of primary amides is 1. The van der Waals surface area contributed by atoms with E-state index in [9.17, 15) is 14.3 Å². The normalized spacial score (nSPS) is 27.8. The molecule has 134 valence electrons. The molecule has 0 heterocycles. The van der Waals surface area contributed by atoms with Crippen LogP contribution in [-0.2, 0) is 11.2 Å². The predicted octanol–water partition coefficient (Wildman–Crippen LogP) is 4.21. The van der Waals surface area contributed by atoms with Crippen LogP contribution in [0.15, 0.2) is 18.2 Å². The monoisotopic (exact) mass is 357 g/mol. The van der Waals surface area contributed by atoms with Crippen molar-refractivity contribution >= 4 is 17.7 Å². The highest BCUT2D eigenvalue weighted by atomic mass is 35.5. The second kappa shape index (κ2) is 6.52. The van der Waals surface area contributed by atoms with Crippen LogP contribution in [0.2, 0.25) is 5.02 Å². The second-order valence-corrected chi connectivity index (χ2v) is 8.24. The zero-order valence-electron chi connectivity index (χ0n) is 14.4. The smallest absolute Gasteiger partial charge is 0.405 e. The topological polar surface area (TPSA) is 72.5 Å². The first-order valence-electron chi connectivity index (χ1n) is 8.11. The lowest BCUT2D eigenvalue weighted by atomic mass is 9.63. The summed E-state index contributed by atoms with van der Waals surface area (Å²) in [4.78, 5) is 11.3. The number of ether oxygens (including phenoxy) is 1. The Labute approximate surface area is 147 Å². The van der Waals surface area contributed by atoms with E-state index in [1.165, 1.54) is 12.1 Å². The molecule has 1 amide bonds. The van der Waals surface area contributed by atoms with E-state index in [2.05, 4.69) is 0 Å². The van der Waals surface area contributed by atoms with Crippen molar-refractivity contribution in [1.29, 1.82) is 0 Å². The molecule has 0 atom stereocenters. The molecule has 1 aliphatic rings. The Morgan fingerprint density at radius 1 is 1.33 bits per heavy atom. The number of hydrogen-bond donors (Lipinski definition) is 2. The minimum atomic E-state index is -1.05. The molecule has 1 aliphatic carbocycles. The Balaban J connectivity index is 2.17. The molecule has 0 unspecified atom stereocenters. The Bertz CT molecular complexity index is 619. The van der Waals surface area contributed by atoms with E-state index < -0.39 is 17.3 Å². The van der Waals surface area contributed by atoms with Crippen molar-refractivity contribution in [2.45, 2.75) is 64.1 Å². The van der Waals surface area contributed by atoms with Crippen molar-refractivity contribution in [2.24, 2.45) is 11.1 Å². The molecule has 0 aliphatic heterocycles. The Morgan fingerprint density at radius 3 is 2.42 bits per heavy atom. The van der Waals surface area contributed by atoms with E-state index in [1.54, 1.807) is 6.07 Å². The van der Waals surface area contributed by atoms with E-state index in [0.29, 0.717) is 36.3 Å². The number of nitrogens with two attached hydrogens (primary N) is 1. The van der Waals surface area contributed by atoms with E-state index in [1.807, 2.05) is 20.8 Å². The maximum atomic E-state index is 14.0. The van der Waals surface area contributed by atoms with Crippen LogP contribution in [-0.4, -0.2) is 22.4 Å². The van der Waals surface area contributed by atoms with Gasteiger partial charge in [-0.2, -0.15) is 0 Å². The van der Waals surface area contributed by atoms with Gasteiger partial charge in [0.05, 0.1) is 5.60 Å². The van der Waals surface area contributed by atoms with Crippen molar-refractivity contribution < 1.29 is 19.0 Å². The van der Waals surface area contributed by atoms with Gasteiger partial charge in [0.15, 0.2) is 0 Å². The van der Waals surface area contributed by atoms with Gasteiger partial charge < -0.3 is 15.6 Å². The molecule has 24 heavy (non-hydrogen) atoms. The minimum Gasteiger partial charge on any atom is -0.443 e. The fourth-order valence-corrected chi connectivity index (χ4v) is 3.72. The fraction of sp³-hybridized carbons (Fsp3) is 0.611. The molecule has 4 nitrogen and oxygen atoms in total. The first-order chi connectivity index (χ1) is 11.0.